The molecule has 1 aromatic carbocycles. The van der Waals surface area contributed by atoms with Crippen LogP contribution >= 0.6 is 0 Å². The number of carboxylic acid groups (broad SMARTS) is 1. The van der Waals surface area contributed by atoms with E-state index in [1.54, 1.807) is 11.1 Å². The Hall–Kier alpha value is -2.63. The summed E-state index contributed by atoms with van der Waals surface area (Å²) in [6, 6.07) is 7.44. The lowest BCUT2D eigenvalue weighted by molar-refractivity contribution is -0.139. The molecule has 0 saturated carbocycles. The summed E-state index contributed by atoms with van der Waals surface area (Å²) in [5, 5.41) is 13.9. The molecule has 0 radical (unpaired) electrons. The number of nitrogens with zero attached hydrogens (tertiary/aromatic N) is 3. The van der Waals surface area contributed by atoms with Gasteiger partial charge in [0, 0.05) is 25.3 Å². The van der Waals surface area contributed by atoms with Crippen molar-refractivity contribution in [2.75, 3.05) is 6.54 Å². The summed E-state index contributed by atoms with van der Waals surface area (Å²) in [4.78, 5) is 26.3. The van der Waals surface area contributed by atoms with Gasteiger partial charge in [0.05, 0.1) is 17.7 Å². The number of aliphatic carboxylic acids is 1. The zero-order valence-electron chi connectivity index (χ0n) is 14.8. The average Bonchev–Trinajstić information content (AvgIpc) is 2.93. The number of rotatable bonds is 4. The molecular weight excluding hydrogens is 318 g/mol. The van der Waals surface area contributed by atoms with Gasteiger partial charge in [-0.15, -0.1) is 0 Å². The highest BCUT2D eigenvalue weighted by Gasteiger charge is 2.33. The van der Waals surface area contributed by atoms with Crippen LogP contribution in [0.15, 0.2) is 30.5 Å². The maximum atomic E-state index is 13.0. The third-order valence-electron chi connectivity index (χ3n) is 4.65. The standard InChI is InChI=1S/C19H23N3O3/c1-12(2)9-22-13(3)16(8-20-22)18(23)21-10-14-6-4-5-7-15(14)17(11-21)19(24)25/h4-8,12,17H,9-11H2,1-3H3,(H,24,25). The molecule has 6 nitrogen and oxygen atoms in total. The smallest absolute Gasteiger partial charge is 0.312 e. The van der Waals surface area contributed by atoms with Crippen molar-refractivity contribution in [3.05, 3.63) is 52.8 Å². The van der Waals surface area contributed by atoms with Crippen LogP contribution in [-0.4, -0.2) is 38.2 Å². The average molecular weight is 341 g/mol. The van der Waals surface area contributed by atoms with Gasteiger partial charge in [0.15, 0.2) is 0 Å². The van der Waals surface area contributed by atoms with Crippen LogP contribution in [0.25, 0.3) is 0 Å². The summed E-state index contributed by atoms with van der Waals surface area (Å²) in [7, 11) is 0. The first-order chi connectivity index (χ1) is 11.9. The minimum Gasteiger partial charge on any atom is -0.481 e. The highest BCUT2D eigenvalue weighted by molar-refractivity contribution is 5.95. The highest BCUT2D eigenvalue weighted by Crippen LogP contribution is 2.29. The molecule has 2 heterocycles. The SMILES string of the molecule is Cc1c(C(=O)N2Cc3ccccc3C(C(=O)O)C2)cnn1CC(C)C. The van der Waals surface area contributed by atoms with Crippen molar-refractivity contribution in [2.24, 2.45) is 5.92 Å². The van der Waals surface area contributed by atoms with Gasteiger partial charge in [-0.1, -0.05) is 38.1 Å². The Labute approximate surface area is 147 Å². The van der Waals surface area contributed by atoms with Gasteiger partial charge in [0.1, 0.15) is 0 Å². The first-order valence-corrected chi connectivity index (χ1v) is 8.50. The van der Waals surface area contributed by atoms with E-state index in [0.717, 1.165) is 23.4 Å². The van der Waals surface area contributed by atoms with Crippen LogP contribution in [-0.2, 0) is 17.9 Å². The van der Waals surface area contributed by atoms with Crippen LogP contribution in [0.3, 0.4) is 0 Å². The largest absolute Gasteiger partial charge is 0.481 e. The van der Waals surface area contributed by atoms with Crippen LogP contribution in [0, 0.1) is 12.8 Å². The monoisotopic (exact) mass is 341 g/mol. The molecule has 25 heavy (non-hydrogen) atoms. The van der Waals surface area contributed by atoms with Gasteiger partial charge in [-0.05, 0) is 24.0 Å². The summed E-state index contributed by atoms with van der Waals surface area (Å²) in [6.45, 7) is 7.44. The molecule has 1 aliphatic heterocycles. The topological polar surface area (TPSA) is 75.4 Å². The second-order valence-electron chi connectivity index (χ2n) is 6.99. The first kappa shape index (κ1) is 17.2. The third kappa shape index (κ3) is 3.29. The normalized spacial score (nSPS) is 16.8. The number of carbonyl (C=O) groups is 2. The quantitative estimate of drug-likeness (QED) is 0.928. The molecular formula is C19H23N3O3. The molecule has 132 valence electrons. The van der Waals surface area contributed by atoms with Crippen molar-refractivity contribution in [1.82, 2.24) is 14.7 Å². The van der Waals surface area contributed by atoms with Gasteiger partial charge in [0.2, 0.25) is 0 Å². The number of aromatic nitrogens is 2. The number of amides is 1. The van der Waals surface area contributed by atoms with Gasteiger partial charge >= 0.3 is 5.97 Å². The molecule has 1 unspecified atom stereocenters. The lowest BCUT2D eigenvalue weighted by Gasteiger charge is -2.32. The van der Waals surface area contributed by atoms with Crippen LogP contribution in [0.1, 0.15) is 46.9 Å². The van der Waals surface area contributed by atoms with Crippen molar-refractivity contribution in [3.8, 4) is 0 Å². The van der Waals surface area contributed by atoms with Crippen LogP contribution < -0.4 is 0 Å². The van der Waals surface area contributed by atoms with E-state index in [0.29, 0.717) is 18.0 Å². The third-order valence-corrected chi connectivity index (χ3v) is 4.65. The number of hydrogen-bond acceptors (Lipinski definition) is 3. The molecule has 3 rings (SSSR count). The van der Waals surface area contributed by atoms with Crippen LogP contribution in [0.5, 0.6) is 0 Å². The number of benzene rings is 1. The Morgan fingerprint density at radius 2 is 2.04 bits per heavy atom. The summed E-state index contributed by atoms with van der Waals surface area (Å²) in [5.74, 6) is -1.33. The Kier molecular flexibility index (Phi) is 4.61. The first-order valence-electron chi connectivity index (χ1n) is 8.50. The van der Waals surface area contributed by atoms with E-state index < -0.39 is 11.9 Å². The van der Waals surface area contributed by atoms with Crippen molar-refractivity contribution < 1.29 is 14.7 Å². The van der Waals surface area contributed by atoms with Crippen molar-refractivity contribution in [3.63, 3.8) is 0 Å². The Balaban J connectivity index is 1.89. The maximum absolute atomic E-state index is 13.0. The van der Waals surface area contributed by atoms with Crippen LogP contribution in [0.2, 0.25) is 0 Å². The molecule has 0 saturated heterocycles. The van der Waals surface area contributed by atoms with Gasteiger partial charge in [-0.25, -0.2) is 0 Å². The fourth-order valence-electron chi connectivity index (χ4n) is 3.33. The molecule has 0 spiro atoms. The maximum Gasteiger partial charge on any atom is 0.312 e. The van der Waals surface area contributed by atoms with Crippen molar-refractivity contribution in [2.45, 2.75) is 39.8 Å². The molecule has 2 aromatic rings. The fourth-order valence-corrected chi connectivity index (χ4v) is 3.33. The number of hydrogen-bond donors (Lipinski definition) is 1. The van der Waals surface area contributed by atoms with E-state index in [4.69, 9.17) is 0 Å². The van der Waals surface area contributed by atoms with E-state index in [9.17, 15) is 14.7 Å². The molecule has 1 aliphatic rings. The van der Waals surface area contributed by atoms with Crippen LogP contribution in [0.4, 0.5) is 0 Å². The summed E-state index contributed by atoms with van der Waals surface area (Å²) in [5.41, 5.74) is 3.06. The van der Waals surface area contributed by atoms with E-state index in [2.05, 4.69) is 18.9 Å². The Morgan fingerprint density at radius 1 is 1.32 bits per heavy atom. The minimum absolute atomic E-state index is 0.159. The zero-order chi connectivity index (χ0) is 18.1. The van der Waals surface area contributed by atoms with Gasteiger partial charge < -0.3 is 10.0 Å². The molecule has 0 aliphatic carbocycles. The second-order valence-corrected chi connectivity index (χ2v) is 6.99. The zero-order valence-corrected chi connectivity index (χ0v) is 14.8. The van der Waals surface area contributed by atoms with E-state index in [-0.39, 0.29) is 12.5 Å². The van der Waals surface area contributed by atoms with Gasteiger partial charge in [-0.3, -0.25) is 14.3 Å². The summed E-state index contributed by atoms with van der Waals surface area (Å²) < 4.78 is 1.84. The minimum atomic E-state index is -0.905. The van der Waals surface area contributed by atoms with E-state index in [1.165, 1.54) is 0 Å². The van der Waals surface area contributed by atoms with Crippen molar-refractivity contribution >= 4 is 11.9 Å². The van der Waals surface area contributed by atoms with E-state index in [1.807, 2.05) is 35.9 Å². The molecule has 1 atom stereocenters. The second kappa shape index (κ2) is 6.70. The molecule has 0 bridgehead atoms. The predicted molar refractivity (Wildman–Crippen MR) is 93.4 cm³/mol. The summed E-state index contributed by atoms with van der Waals surface area (Å²) in [6.07, 6.45) is 1.59. The molecule has 0 fully saturated rings. The van der Waals surface area contributed by atoms with Crippen molar-refractivity contribution in [1.29, 1.82) is 0 Å². The fraction of sp³-hybridized carbons (Fsp3) is 0.421. The Bertz CT molecular complexity index is 810. The molecule has 6 heteroatoms. The number of carbonyl (C=O) groups excluding carboxylic acids is 1. The molecule has 1 N–H and O–H groups in total. The van der Waals surface area contributed by atoms with Gasteiger partial charge in [-0.2, -0.15) is 5.10 Å². The predicted octanol–water partition coefficient (Wildman–Crippen LogP) is 2.67. The highest BCUT2D eigenvalue weighted by atomic mass is 16.4. The number of fused-ring (bicyclic) bond motifs is 1. The van der Waals surface area contributed by atoms with Gasteiger partial charge in [0.25, 0.3) is 5.91 Å². The summed E-state index contributed by atoms with van der Waals surface area (Å²) >= 11 is 0. The lowest BCUT2D eigenvalue weighted by Crippen LogP contribution is -2.40. The molecule has 1 amide bonds. The Morgan fingerprint density at radius 3 is 2.72 bits per heavy atom. The molecule has 1 aromatic heterocycles. The number of carboxylic acids is 1. The lowest BCUT2D eigenvalue weighted by atomic mass is 9.89. The van der Waals surface area contributed by atoms with E-state index >= 15 is 0 Å².